The van der Waals surface area contributed by atoms with Gasteiger partial charge in [-0.3, -0.25) is 10.1 Å². The van der Waals surface area contributed by atoms with Crippen LogP contribution >= 0.6 is 11.6 Å². The molecule has 0 bridgehead atoms. The van der Waals surface area contributed by atoms with Gasteiger partial charge in [-0.1, -0.05) is 18.5 Å². The van der Waals surface area contributed by atoms with Crippen LogP contribution in [0.5, 0.6) is 0 Å². The van der Waals surface area contributed by atoms with Gasteiger partial charge in [-0.05, 0) is 12.3 Å². The fourth-order valence-corrected chi connectivity index (χ4v) is 2.65. The summed E-state index contributed by atoms with van der Waals surface area (Å²) < 4.78 is 13.6. The van der Waals surface area contributed by atoms with Gasteiger partial charge in [0.1, 0.15) is 11.5 Å². The molecule has 1 heterocycles. The van der Waals surface area contributed by atoms with Crippen LogP contribution in [0.3, 0.4) is 0 Å². The Morgan fingerprint density at radius 3 is 2.89 bits per heavy atom. The third-order valence-electron chi connectivity index (χ3n) is 3.59. The van der Waals surface area contributed by atoms with Crippen molar-refractivity contribution in [2.45, 2.75) is 19.4 Å². The highest BCUT2D eigenvalue weighted by Crippen LogP contribution is 2.38. The Balaban J connectivity index is 2.49. The zero-order chi connectivity index (χ0) is 14.2. The predicted molar refractivity (Wildman–Crippen MR) is 70.1 cm³/mol. The van der Waals surface area contributed by atoms with Crippen molar-refractivity contribution in [3.05, 3.63) is 33.1 Å². The first-order chi connectivity index (χ1) is 8.95. The molecule has 1 aliphatic rings. The van der Waals surface area contributed by atoms with Crippen LogP contribution in [-0.4, -0.2) is 29.2 Å². The monoisotopic (exact) mass is 288 g/mol. The van der Waals surface area contributed by atoms with E-state index in [0.717, 1.165) is 18.6 Å². The Morgan fingerprint density at radius 2 is 2.32 bits per heavy atom. The Morgan fingerprint density at radius 1 is 1.63 bits per heavy atom. The van der Waals surface area contributed by atoms with E-state index in [0.29, 0.717) is 6.54 Å². The summed E-state index contributed by atoms with van der Waals surface area (Å²) in [6.07, 6.45) is 0.798. The Kier molecular flexibility index (Phi) is 3.91. The summed E-state index contributed by atoms with van der Waals surface area (Å²) in [6, 6.07) is 1.85. The lowest BCUT2D eigenvalue weighted by Crippen LogP contribution is -2.35. The van der Waals surface area contributed by atoms with Gasteiger partial charge in [0.2, 0.25) is 0 Å². The van der Waals surface area contributed by atoms with Gasteiger partial charge in [0.05, 0.1) is 22.6 Å². The number of hydrogen-bond donors (Lipinski definition) is 1. The minimum absolute atomic E-state index is 0.122. The second kappa shape index (κ2) is 5.30. The highest BCUT2D eigenvalue weighted by atomic mass is 35.5. The van der Waals surface area contributed by atoms with Crippen LogP contribution in [0.25, 0.3) is 0 Å². The molecule has 1 aromatic rings. The molecule has 5 nitrogen and oxygen atoms in total. The second-order valence-electron chi connectivity index (χ2n) is 4.72. The summed E-state index contributed by atoms with van der Waals surface area (Å²) in [6.45, 7) is 2.38. The van der Waals surface area contributed by atoms with E-state index in [9.17, 15) is 19.6 Å². The second-order valence-corrected chi connectivity index (χ2v) is 5.13. The van der Waals surface area contributed by atoms with Crippen LogP contribution in [-0.2, 0) is 0 Å². The van der Waals surface area contributed by atoms with E-state index in [2.05, 4.69) is 0 Å². The molecule has 7 heteroatoms. The highest BCUT2D eigenvalue weighted by Gasteiger charge is 2.34. The van der Waals surface area contributed by atoms with Gasteiger partial charge in [-0.15, -0.1) is 0 Å². The molecule has 2 unspecified atom stereocenters. The first kappa shape index (κ1) is 14.0. The third kappa shape index (κ3) is 2.50. The maximum Gasteiger partial charge on any atom is 0.294 e. The first-order valence-electron chi connectivity index (χ1n) is 5.96. The number of nitro benzene ring substituents is 1. The van der Waals surface area contributed by atoms with Crippen molar-refractivity contribution in [2.24, 2.45) is 5.92 Å². The molecule has 19 heavy (non-hydrogen) atoms. The maximum atomic E-state index is 13.6. The highest BCUT2D eigenvalue weighted by molar-refractivity contribution is 6.31. The van der Waals surface area contributed by atoms with Crippen molar-refractivity contribution in [2.75, 3.05) is 18.1 Å². The van der Waals surface area contributed by atoms with E-state index < -0.39 is 10.7 Å². The number of nitro groups is 1. The molecule has 104 valence electrons. The number of aliphatic hydroxyl groups is 1. The van der Waals surface area contributed by atoms with Crippen LogP contribution in [0.4, 0.5) is 15.8 Å². The molecular weight excluding hydrogens is 275 g/mol. The fourth-order valence-electron chi connectivity index (χ4n) is 2.49. The van der Waals surface area contributed by atoms with E-state index in [-0.39, 0.29) is 35.0 Å². The molecule has 0 radical (unpaired) electrons. The number of nitrogens with zero attached hydrogens (tertiary/aromatic N) is 2. The van der Waals surface area contributed by atoms with Crippen LogP contribution in [0.2, 0.25) is 5.02 Å². The van der Waals surface area contributed by atoms with Gasteiger partial charge >= 0.3 is 0 Å². The number of benzene rings is 1. The molecule has 1 aromatic carbocycles. The number of anilines is 1. The van der Waals surface area contributed by atoms with Crippen LogP contribution in [0.1, 0.15) is 13.3 Å². The van der Waals surface area contributed by atoms with Crippen molar-refractivity contribution in [3.8, 4) is 0 Å². The van der Waals surface area contributed by atoms with Gasteiger partial charge in [-0.25, -0.2) is 4.39 Å². The smallest absolute Gasteiger partial charge is 0.294 e. The molecule has 0 aromatic heterocycles. The summed E-state index contributed by atoms with van der Waals surface area (Å²) in [7, 11) is 0. The molecule has 2 atom stereocenters. The third-order valence-corrected chi connectivity index (χ3v) is 3.88. The van der Waals surface area contributed by atoms with Crippen LogP contribution in [0.15, 0.2) is 12.1 Å². The average Bonchev–Trinajstić information content (AvgIpc) is 2.72. The van der Waals surface area contributed by atoms with Gasteiger partial charge in [0.15, 0.2) is 0 Å². The van der Waals surface area contributed by atoms with E-state index in [1.807, 2.05) is 6.92 Å². The van der Waals surface area contributed by atoms with E-state index in [1.165, 1.54) is 0 Å². The number of aliphatic hydroxyl groups excluding tert-OH is 1. The van der Waals surface area contributed by atoms with Gasteiger partial charge < -0.3 is 10.0 Å². The SMILES string of the molecule is CC1CCN(c2cc(F)c(Cl)cc2[N+](=O)[O-])C1CO. The van der Waals surface area contributed by atoms with Gasteiger partial charge in [0, 0.05) is 18.7 Å². The quantitative estimate of drug-likeness (QED) is 0.686. The average molecular weight is 289 g/mol. The Hall–Kier alpha value is -1.40. The molecule has 1 fully saturated rings. The molecule has 0 amide bonds. The zero-order valence-corrected chi connectivity index (χ0v) is 11.1. The van der Waals surface area contributed by atoms with E-state index in [4.69, 9.17) is 11.6 Å². The minimum Gasteiger partial charge on any atom is -0.394 e. The van der Waals surface area contributed by atoms with Crippen molar-refractivity contribution < 1.29 is 14.4 Å². The molecule has 1 aliphatic heterocycles. The van der Waals surface area contributed by atoms with Crippen molar-refractivity contribution in [1.82, 2.24) is 0 Å². The summed E-state index contributed by atoms with van der Waals surface area (Å²) in [5, 5.41) is 20.2. The standard InChI is InChI=1S/C12H14ClFN2O3/c1-7-2-3-15(12(7)6-17)10-5-9(14)8(13)4-11(10)16(18)19/h4-5,7,12,17H,2-3,6H2,1H3. The van der Waals surface area contributed by atoms with Gasteiger partial charge in [0.25, 0.3) is 5.69 Å². The molecule has 1 N–H and O–H groups in total. The first-order valence-corrected chi connectivity index (χ1v) is 6.34. The zero-order valence-electron chi connectivity index (χ0n) is 10.3. The van der Waals surface area contributed by atoms with Crippen molar-refractivity contribution in [3.63, 3.8) is 0 Å². The molecule has 2 rings (SSSR count). The van der Waals surface area contributed by atoms with Crippen molar-refractivity contribution >= 4 is 23.0 Å². The number of hydrogen-bond acceptors (Lipinski definition) is 4. The number of halogens is 2. The lowest BCUT2D eigenvalue weighted by molar-refractivity contribution is -0.384. The molecule has 0 spiro atoms. The van der Waals surface area contributed by atoms with Crippen LogP contribution in [0, 0.1) is 21.8 Å². The fraction of sp³-hybridized carbons (Fsp3) is 0.500. The summed E-state index contributed by atoms with van der Waals surface area (Å²) in [5.41, 5.74) is -0.0609. The lowest BCUT2D eigenvalue weighted by atomic mass is 10.0. The largest absolute Gasteiger partial charge is 0.394 e. The molecule has 1 saturated heterocycles. The predicted octanol–water partition coefficient (Wildman–Crippen LogP) is 2.59. The summed E-state index contributed by atoms with van der Waals surface area (Å²) in [4.78, 5) is 12.2. The van der Waals surface area contributed by atoms with E-state index in [1.54, 1.807) is 4.90 Å². The molecule has 0 aliphatic carbocycles. The summed E-state index contributed by atoms with van der Waals surface area (Å²) >= 11 is 5.59. The van der Waals surface area contributed by atoms with Crippen molar-refractivity contribution in [1.29, 1.82) is 0 Å². The lowest BCUT2D eigenvalue weighted by Gasteiger charge is -2.27. The topological polar surface area (TPSA) is 66.6 Å². The maximum absolute atomic E-state index is 13.6. The van der Waals surface area contributed by atoms with Crippen LogP contribution < -0.4 is 4.90 Å². The molecule has 0 saturated carbocycles. The normalized spacial score (nSPS) is 22.8. The number of rotatable bonds is 3. The van der Waals surface area contributed by atoms with E-state index >= 15 is 0 Å². The minimum atomic E-state index is -0.696. The summed E-state index contributed by atoms with van der Waals surface area (Å²) in [5.74, 6) is -0.498. The Labute approximate surface area is 114 Å². The molecular formula is C12H14ClFN2O3. The Bertz CT molecular complexity index is 512. The van der Waals surface area contributed by atoms with Gasteiger partial charge in [-0.2, -0.15) is 0 Å².